The van der Waals surface area contributed by atoms with Crippen LogP contribution in [-0.2, 0) is 4.79 Å². The van der Waals surface area contributed by atoms with Gasteiger partial charge in [-0.25, -0.2) is 4.79 Å². The summed E-state index contributed by atoms with van der Waals surface area (Å²) in [6, 6.07) is 11.0. The number of ether oxygens (including phenoxy) is 2. The van der Waals surface area contributed by atoms with Crippen LogP contribution in [0.5, 0.6) is 11.5 Å². The summed E-state index contributed by atoms with van der Waals surface area (Å²) in [5.41, 5.74) is 0. The van der Waals surface area contributed by atoms with Crippen molar-refractivity contribution in [1.29, 1.82) is 0 Å². The summed E-state index contributed by atoms with van der Waals surface area (Å²) < 4.78 is 9.85. The maximum Gasteiger partial charge on any atom is 0.423 e. The fourth-order valence-corrected chi connectivity index (χ4v) is 1.52. The third-order valence-corrected chi connectivity index (χ3v) is 2.19. The van der Waals surface area contributed by atoms with Gasteiger partial charge in [0.15, 0.2) is 0 Å². The summed E-state index contributed by atoms with van der Waals surface area (Å²) in [4.78, 5) is 10.1. The molecular weight excluding hydrogens is 192 g/mol. The van der Waals surface area contributed by atoms with Gasteiger partial charge < -0.3 is 9.47 Å². The van der Waals surface area contributed by atoms with Gasteiger partial charge in [0.05, 0.1) is 7.11 Å². The van der Waals surface area contributed by atoms with Crippen LogP contribution in [0.1, 0.15) is 0 Å². The molecule has 2 aromatic rings. The second-order valence-electron chi connectivity index (χ2n) is 3.03. The van der Waals surface area contributed by atoms with Crippen molar-refractivity contribution in [1.82, 2.24) is 0 Å². The second kappa shape index (κ2) is 4.00. The predicted octanol–water partition coefficient (Wildman–Crippen LogP) is 2.29. The van der Waals surface area contributed by atoms with E-state index in [1.54, 1.807) is 19.2 Å². The van der Waals surface area contributed by atoms with Crippen LogP contribution in [0, 0.1) is 0 Å². The Morgan fingerprint density at radius 2 is 2.07 bits per heavy atom. The first-order valence-electron chi connectivity index (χ1n) is 4.46. The molecule has 15 heavy (non-hydrogen) atoms. The molecule has 0 unspecified atom stereocenters. The molecular formula is C12H9O3. The lowest BCUT2D eigenvalue weighted by atomic mass is 10.1. The number of fused-ring (bicyclic) bond motifs is 1. The molecule has 0 fully saturated rings. The zero-order valence-electron chi connectivity index (χ0n) is 8.19. The number of methoxy groups -OCH3 is 1. The summed E-state index contributed by atoms with van der Waals surface area (Å²) in [6.45, 7) is 1.40. The van der Waals surface area contributed by atoms with Crippen LogP contribution in [0.4, 0.5) is 0 Å². The molecule has 0 atom stereocenters. The normalized spacial score (nSPS) is 9.93. The monoisotopic (exact) mass is 201 g/mol. The highest BCUT2D eigenvalue weighted by Gasteiger charge is 2.02. The number of rotatable bonds is 3. The Morgan fingerprint density at radius 1 is 1.20 bits per heavy atom. The average Bonchev–Trinajstić information content (AvgIpc) is 2.28. The molecule has 0 saturated heterocycles. The average molecular weight is 201 g/mol. The van der Waals surface area contributed by atoms with Gasteiger partial charge in [-0.1, -0.05) is 12.1 Å². The van der Waals surface area contributed by atoms with Crippen LogP contribution in [-0.4, -0.2) is 13.6 Å². The van der Waals surface area contributed by atoms with Gasteiger partial charge in [0.1, 0.15) is 11.5 Å². The van der Waals surface area contributed by atoms with E-state index < -0.39 is 0 Å². The molecule has 0 heterocycles. The Morgan fingerprint density at radius 3 is 2.80 bits per heavy atom. The standard InChI is InChI=1S/C12H9O3/c1-14-12-4-2-3-9-7-10(15-8-13)5-6-11(9)12/h2-7H,1H3. The Kier molecular flexibility index (Phi) is 2.54. The minimum atomic E-state index is 0.478. The SMILES string of the molecule is COc1cccc2cc(O[C]=O)ccc12. The molecule has 2 aromatic carbocycles. The largest absolute Gasteiger partial charge is 0.496 e. The van der Waals surface area contributed by atoms with Gasteiger partial charge >= 0.3 is 6.47 Å². The van der Waals surface area contributed by atoms with E-state index in [0.717, 1.165) is 16.5 Å². The molecule has 0 aromatic heterocycles. The van der Waals surface area contributed by atoms with Gasteiger partial charge in [-0.3, -0.25) is 0 Å². The van der Waals surface area contributed by atoms with Gasteiger partial charge in [0.2, 0.25) is 0 Å². The second-order valence-corrected chi connectivity index (χ2v) is 3.03. The fourth-order valence-electron chi connectivity index (χ4n) is 1.52. The van der Waals surface area contributed by atoms with Crippen LogP contribution in [0.25, 0.3) is 10.8 Å². The van der Waals surface area contributed by atoms with Crippen molar-refractivity contribution >= 4 is 17.2 Å². The summed E-state index contributed by atoms with van der Waals surface area (Å²) in [5.74, 6) is 1.28. The lowest BCUT2D eigenvalue weighted by Crippen LogP contribution is -1.89. The van der Waals surface area contributed by atoms with Gasteiger partial charge in [-0.2, -0.15) is 0 Å². The van der Waals surface area contributed by atoms with Crippen molar-refractivity contribution < 1.29 is 14.3 Å². The maximum absolute atomic E-state index is 10.1. The summed E-state index contributed by atoms with van der Waals surface area (Å²) in [6.07, 6.45) is 0. The molecule has 1 radical (unpaired) electrons. The molecule has 2 rings (SSSR count). The van der Waals surface area contributed by atoms with Crippen LogP contribution >= 0.6 is 0 Å². The smallest absolute Gasteiger partial charge is 0.423 e. The highest BCUT2D eigenvalue weighted by Crippen LogP contribution is 2.28. The summed E-state index contributed by atoms with van der Waals surface area (Å²) in [7, 11) is 1.62. The first-order chi connectivity index (χ1) is 7.35. The molecule has 0 saturated carbocycles. The van der Waals surface area contributed by atoms with Crippen LogP contribution < -0.4 is 9.47 Å². The van der Waals surface area contributed by atoms with E-state index in [1.165, 1.54) is 6.47 Å². The first-order valence-corrected chi connectivity index (χ1v) is 4.46. The predicted molar refractivity (Wildman–Crippen MR) is 56.8 cm³/mol. The molecule has 0 N–H and O–H groups in total. The van der Waals surface area contributed by atoms with Crippen molar-refractivity contribution in [2.45, 2.75) is 0 Å². The van der Waals surface area contributed by atoms with E-state index in [9.17, 15) is 4.79 Å². The maximum atomic E-state index is 10.1. The van der Waals surface area contributed by atoms with E-state index in [1.807, 2.05) is 24.3 Å². The van der Waals surface area contributed by atoms with Crippen molar-refractivity contribution in [2.24, 2.45) is 0 Å². The summed E-state index contributed by atoms with van der Waals surface area (Å²) >= 11 is 0. The van der Waals surface area contributed by atoms with E-state index in [2.05, 4.69) is 4.74 Å². The van der Waals surface area contributed by atoms with Crippen LogP contribution in [0.15, 0.2) is 36.4 Å². The first kappa shape index (κ1) is 9.52. The third-order valence-electron chi connectivity index (χ3n) is 2.19. The van der Waals surface area contributed by atoms with Gasteiger partial charge in [-0.15, -0.1) is 0 Å². The lowest BCUT2D eigenvalue weighted by molar-refractivity contribution is 0.419. The Labute approximate surface area is 87.2 Å². The molecule has 0 spiro atoms. The Bertz CT molecular complexity index is 491. The Balaban J connectivity index is 2.58. The van der Waals surface area contributed by atoms with Crippen LogP contribution in [0.2, 0.25) is 0 Å². The highest BCUT2D eigenvalue weighted by atomic mass is 16.5. The molecule has 0 aliphatic heterocycles. The van der Waals surface area contributed by atoms with Crippen molar-refractivity contribution in [2.75, 3.05) is 7.11 Å². The number of hydrogen-bond donors (Lipinski definition) is 0. The van der Waals surface area contributed by atoms with E-state index in [-0.39, 0.29) is 0 Å². The third kappa shape index (κ3) is 1.76. The number of hydrogen-bond acceptors (Lipinski definition) is 3. The Hall–Kier alpha value is -2.03. The van der Waals surface area contributed by atoms with Crippen molar-refractivity contribution in [3.8, 4) is 11.5 Å². The van der Waals surface area contributed by atoms with E-state index in [4.69, 9.17) is 4.74 Å². The molecule has 0 aliphatic rings. The van der Waals surface area contributed by atoms with Gasteiger partial charge in [-0.05, 0) is 29.7 Å². The quantitative estimate of drug-likeness (QED) is 0.764. The molecule has 75 valence electrons. The fraction of sp³-hybridized carbons (Fsp3) is 0.0833. The molecule has 3 nitrogen and oxygen atoms in total. The molecule has 0 amide bonds. The molecule has 0 bridgehead atoms. The van der Waals surface area contributed by atoms with Gasteiger partial charge in [0.25, 0.3) is 0 Å². The van der Waals surface area contributed by atoms with E-state index in [0.29, 0.717) is 5.75 Å². The zero-order chi connectivity index (χ0) is 10.7. The van der Waals surface area contributed by atoms with E-state index >= 15 is 0 Å². The number of carbonyl (C=O) groups excluding carboxylic acids is 1. The number of benzene rings is 2. The zero-order valence-corrected chi connectivity index (χ0v) is 8.19. The minimum absolute atomic E-state index is 0.478. The molecule has 3 heteroatoms. The summed E-state index contributed by atoms with van der Waals surface area (Å²) in [5, 5.41) is 1.94. The van der Waals surface area contributed by atoms with Crippen molar-refractivity contribution in [3.05, 3.63) is 36.4 Å². The molecule has 0 aliphatic carbocycles. The van der Waals surface area contributed by atoms with Crippen LogP contribution in [0.3, 0.4) is 0 Å². The lowest BCUT2D eigenvalue weighted by Gasteiger charge is -2.05. The topological polar surface area (TPSA) is 35.5 Å². The van der Waals surface area contributed by atoms with Crippen molar-refractivity contribution in [3.63, 3.8) is 0 Å². The minimum Gasteiger partial charge on any atom is -0.496 e. The van der Waals surface area contributed by atoms with Gasteiger partial charge in [0, 0.05) is 5.39 Å². The highest BCUT2D eigenvalue weighted by molar-refractivity contribution is 5.89.